The molecule has 2 N–H and O–H groups in total. The Morgan fingerprint density at radius 3 is 2.89 bits per heavy atom. The molecule has 0 aliphatic heterocycles. The van der Waals surface area contributed by atoms with E-state index in [1.54, 1.807) is 6.20 Å². The van der Waals surface area contributed by atoms with Crippen molar-refractivity contribution in [1.29, 1.82) is 0 Å². The smallest absolute Gasteiger partial charge is 0.230 e. The molecule has 2 rings (SSSR count). The first-order valence-corrected chi connectivity index (χ1v) is 7.73. The number of aliphatic hydroxyl groups is 1. The van der Waals surface area contributed by atoms with Gasteiger partial charge in [0, 0.05) is 13.1 Å². The van der Waals surface area contributed by atoms with Crippen molar-refractivity contribution in [3.8, 4) is 0 Å². The summed E-state index contributed by atoms with van der Waals surface area (Å²) in [6.07, 6.45) is 7.58. The minimum Gasteiger partial charge on any atom is -0.390 e. The van der Waals surface area contributed by atoms with E-state index in [1.165, 1.54) is 31.0 Å². The molecule has 19 heavy (non-hydrogen) atoms. The first kappa shape index (κ1) is 14.4. The van der Waals surface area contributed by atoms with Gasteiger partial charge in [0.2, 0.25) is 5.91 Å². The van der Waals surface area contributed by atoms with Crippen molar-refractivity contribution in [2.75, 3.05) is 5.75 Å². The van der Waals surface area contributed by atoms with Crippen LogP contribution in [0.4, 0.5) is 0 Å². The summed E-state index contributed by atoms with van der Waals surface area (Å²) in [4.78, 5) is 16.0. The van der Waals surface area contributed by atoms with Gasteiger partial charge in [0.05, 0.1) is 24.3 Å². The van der Waals surface area contributed by atoms with E-state index in [1.807, 2.05) is 11.6 Å². The predicted molar refractivity (Wildman–Crippen MR) is 74.9 cm³/mol. The lowest BCUT2D eigenvalue weighted by Crippen LogP contribution is -2.37. The fourth-order valence-corrected chi connectivity index (χ4v) is 3.13. The third-order valence-electron chi connectivity index (χ3n) is 3.51. The minimum atomic E-state index is -0.0294. The molecule has 106 valence electrons. The number of nitrogens with zero attached hydrogens (tertiary/aromatic N) is 2. The zero-order chi connectivity index (χ0) is 13.7. The third kappa shape index (κ3) is 3.98. The van der Waals surface area contributed by atoms with E-state index in [-0.39, 0.29) is 12.5 Å². The minimum absolute atomic E-state index is 0.0294. The Labute approximate surface area is 117 Å². The monoisotopic (exact) mass is 283 g/mol. The summed E-state index contributed by atoms with van der Waals surface area (Å²) in [7, 11) is 1.85. The second-order valence-corrected chi connectivity index (χ2v) is 5.88. The number of rotatable bonds is 5. The normalized spacial score (nSPS) is 16.5. The third-order valence-corrected chi connectivity index (χ3v) is 4.55. The first-order valence-electron chi connectivity index (χ1n) is 6.74. The molecular weight excluding hydrogens is 262 g/mol. The molecule has 0 radical (unpaired) electrons. The molecule has 1 heterocycles. The molecule has 1 fully saturated rings. The number of carbonyl (C=O) groups is 1. The fourth-order valence-electron chi connectivity index (χ4n) is 2.35. The average Bonchev–Trinajstić information content (AvgIpc) is 2.78. The van der Waals surface area contributed by atoms with Crippen LogP contribution in [0.5, 0.6) is 0 Å². The molecule has 6 heteroatoms. The highest BCUT2D eigenvalue weighted by molar-refractivity contribution is 7.99. The second-order valence-electron chi connectivity index (χ2n) is 4.94. The highest BCUT2D eigenvalue weighted by atomic mass is 32.2. The van der Waals surface area contributed by atoms with Crippen LogP contribution in [0.15, 0.2) is 11.4 Å². The zero-order valence-electron chi connectivity index (χ0n) is 11.3. The highest BCUT2D eigenvalue weighted by Gasteiger charge is 2.16. The number of hydrogen-bond acceptors (Lipinski definition) is 4. The van der Waals surface area contributed by atoms with Gasteiger partial charge in [-0.1, -0.05) is 31.0 Å². The van der Waals surface area contributed by atoms with E-state index in [2.05, 4.69) is 10.3 Å². The van der Waals surface area contributed by atoms with Crippen molar-refractivity contribution in [1.82, 2.24) is 14.9 Å². The second kappa shape index (κ2) is 6.96. The molecule has 0 spiro atoms. The SMILES string of the molecule is Cn1c(CO)cnc1SCC(=O)NC1CCCCC1. The lowest BCUT2D eigenvalue weighted by atomic mass is 9.95. The van der Waals surface area contributed by atoms with Gasteiger partial charge in [0.25, 0.3) is 0 Å². The van der Waals surface area contributed by atoms with Gasteiger partial charge in [-0.2, -0.15) is 0 Å². The van der Waals surface area contributed by atoms with E-state index in [4.69, 9.17) is 5.11 Å². The van der Waals surface area contributed by atoms with Crippen molar-refractivity contribution in [2.45, 2.75) is 49.9 Å². The number of hydrogen-bond donors (Lipinski definition) is 2. The van der Waals surface area contributed by atoms with Crippen LogP contribution in [0.1, 0.15) is 37.8 Å². The van der Waals surface area contributed by atoms with Gasteiger partial charge in [-0.15, -0.1) is 0 Å². The molecule has 1 aromatic rings. The number of imidazole rings is 1. The standard InChI is InChI=1S/C13H21N3O2S/c1-16-11(8-17)7-14-13(16)19-9-12(18)15-10-5-3-2-4-6-10/h7,10,17H,2-6,8-9H2,1H3,(H,15,18). The predicted octanol–water partition coefficient (Wildman–Crippen LogP) is 1.45. The van der Waals surface area contributed by atoms with Crippen LogP contribution in [0.3, 0.4) is 0 Å². The summed E-state index contributed by atoms with van der Waals surface area (Å²) in [5.41, 5.74) is 0.759. The van der Waals surface area contributed by atoms with E-state index < -0.39 is 0 Å². The van der Waals surface area contributed by atoms with Gasteiger partial charge in [-0.3, -0.25) is 4.79 Å². The van der Waals surface area contributed by atoms with E-state index >= 15 is 0 Å². The first-order chi connectivity index (χ1) is 9.20. The number of amides is 1. The lowest BCUT2D eigenvalue weighted by Gasteiger charge is -2.22. The van der Waals surface area contributed by atoms with E-state index in [0.717, 1.165) is 23.7 Å². The number of aromatic nitrogens is 2. The Morgan fingerprint density at radius 2 is 2.26 bits per heavy atom. The Bertz CT molecular complexity index is 428. The van der Waals surface area contributed by atoms with Crippen LogP contribution in [0.2, 0.25) is 0 Å². The van der Waals surface area contributed by atoms with Gasteiger partial charge >= 0.3 is 0 Å². The summed E-state index contributed by atoms with van der Waals surface area (Å²) in [5.74, 6) is 0.456. The molecule has 0 aromatic carbocycles. The molecule has 0 atom stereocenters. The van der Waals surface area contributed by atoms with E-state index in [9.17, 15) is 4.79 Å². The van der Waals surface area contributed by atoms with Crippen LogP contribution in [0, 0.1) is 0 Å². The quantitative estimate of drug-likeness (QED) is 0.803. The van der Waals surface area contributed by atoms with Crippen molar-refractivity contribution in [3.05, 3.63) is 11.9 Å². The number of aliphatic hydroxyl groups excluding tert-OH is 1. The van der Waals surface area contributed by atoms with Crippen molar-refractivity contribution >= 4 is 17.7 Å². The summed E-state index contributed by atoms with van der Waals surface area (Å²) >= 11 is 1.41. The Morgan fingerprint density at radius 1 is 1.53 bits per heavy atom. The van der Waals surface area contributed by atoms with Gasteiger partial charge in [-0.05, 0) is 12.8 Å². The number of carbonyl (C=O) groups excluding carboxylic acids is 1. The Balaban J connectivity index is 1.77. The maximum Gasteiger partial charge on any atom is 0.230 e. The maximum absolute atomic E-state index is 11.9. The van der Waals surface area contributed by atoms with Gasteiger partial charge in [0.1, 0.15) is 0 Å². The molecule has 0 bridgehead atoms. The number of nitrogens with one attached hydrogen (secondary N) is 1. The molecule has 1 saturated carbocycles. The Kier molecular flexibility index (Phi) is 5.27. The van der Waals surface area contributed by atoms with E-state index in [0.29, 0.717) is 11.8 Å². The maximum atomic E-state index is 11.9. The summed E-state index contributed by atoms with van der Waals surface area (Å²) < 4.78 is 1.82. The topological polar surface area (TPSA) is 67.1 Å². The molecule has 0 unspecified atom stereocenters. The fraction of sp³-hybridized carbons (Fsp3) is 0.692. The van der Waals surface area contributed by atoms with Gasteiger partial charge in [-0.25, -0.2) is 4.98 Å². The molecule has 1 aromatic heterocycles. The molecule has 0 saturated heterocycles. The van der Waals surface area contributed by atoms with Crippen LogP contribution in [0.25, 0.3) is 0 Å². The van der Waals surface area contributed by atoms with Crippen LogP contribution < -0.4 is 5.32 Å². The summed E-state index contributed by atoms with van der Waals surface area (Å²) in [6.45, 7) is -0.0294. The van der Waals surface area contributed by atoms with Gasteiger partial charge in [0.15, 0.2) is 5.16 Å². The zero-order valence-corrected chi connectivity index (χ0v) is 12.1. The van der Waals surface area contributed by atoms with Crippen LogP contribution >= 0.6 is 11.8 Å². The van der Waals surface area contributed by atoms with Crippen LogP contribution in [-0.2, 0) is 18.4 Å². The largest absolute Gasteiger partial charge is 0.390 e. The molecule has 1 aliphatic rings. The summed E-state index contributed by atoms with van der Waals surface area (Å²) in [5, 5.41) is 12.9. The number of thioether (sulfide) groups is 1. The molecule has 5 nitrogen and oxygen atoms in total. The van der Waals surface area contributed by atoms with Gasteiger partial charge < -0.3 is 15.0 Å². The highest BCUT2D eigenvalue weighted by Crippen LogP contribution is 2.19. The molecule has 1 aliphatic carbocycles. The van der Waals surface area contributed by atoms with Crippen molar-refractivity contribution in [2.24, 2.45) is 7.05 Å². The Hall–Kier alpha value is -1.01. The van der Waals surface area contributed by atoms with Crippen molar-refractivity contribution in [3.63, 3.8) is 0 Å². The van der Waals surface area contributed by atoms with Crippen LogP contribution in [-0.4, -0.2) is 32.4 Å². The lowest BCUT2D eigenvalue weighted by molar-refractivity contribution is -0.119. The van der Waals surface area contributed by atoms with Crippen molar-refractivity contribution < 1.29 is 9.90 Å². The average molecular weight is 283 g/mol. The molecular formula is C13H21N3O2S. The molecule has 1 amide bonds. The summed E-state index contributed by atoms with van der Waals surface area (Å²) in [6, 6.07) is 0.358.